The first-order valence-electron chi connectivity index (χ1n) is 10.3. The Labute approximate surface area is 176 Å². The van der Waals surface area contributed by atoms with Crippen molar-refractivity contribution in [1.29, 1.82) is 0 Å². The summed E-state index contributed by atoms with van der Waals surface area (Å²) in [5, 5.41) is 1.63. The van der Waals surface area contributed by atoms with Gasteiger partial charge in [0, 0.05) is 42.7 Å². The van der Waals surface area contributed by atoms with Gasteiger partial charge in [0.15, 0.2) is 0 Å². The summed E-state index contributed by atoms with van der Waals surface area (Å²) < 4.78 is 7.75. The summed E-state index contributed by atoms with van der Waals surface area (Å²) in [7, 11) is 0. The van der Waals surface area contributed by atoms with Crippen molar-refractivity contribution in [3.8, 4) is 0 Å². The van der Waals surface area contributed by atoms with E-state index in [-0.39, 0.29) is 18.0 Å². The maximum absolute atomic E-state index is 12.7. The van der Waals surface area contributed by atoms with E-state index in [4.69, 9.17) is 16.3 Å². The second-order valence-electron chi connectivity index (χ2n) is 8.95. The smallest absolute Gasteiger partial charge is 0.410 e. The molecule has 1 atom stereocenters. The lowest BCUT2D eigenvalue weighted by molar-refractivity contribution is -0.117. The van der Waals surface area contributed by atoms with Crippen LogP contribution >= 0.6 is 11.6 Å². The third kappa shape index (κ3) is 4.08. The number of ether oxygens (including phenoxy) is 1. The molecular weight excluding hydrogens is 390 g/mol. The number of carbonyl (C=O) groups is 2. The van der Waals surface area contributed by atoms with Crippen molar-refractivity contribution in [2.75, 3.05) is 18.0 Å². The van der Waals surface area contributed by atoms with Gasteiger partial charge in [-0.15, -0.1) is 0 Å². The largest absolute Gasteiger partial charge is 0.444 e. The maximum atomic E-state index is 12.7. The zero-order chi connectivity index (χ0) is 20.8. The summed E-state index contributed by atoms with van der Waals surface area (Å²) in [6.45, 7) is 7.77. The van der Waals surface area contributed by atoms with Gasteiger partial charge < -0.3 is 19.1 Å². The summed E-state index contributed by atoms with van der Waals surface area (Å²) in [5.41, 5.74) is 1.43. The van der Waals surface area contributed by atoms with Crippen LogP contribution in [0.5, 0.6) is 0 Å². The number of benzene rings is 1. The van der Waals surface area contributed by atoms with Gasteiger partial charge in [-0.2, -0.15) is 0 Å². The normalized spacial score (nSPS) is 20.1. The van der Waals surface area contributed by atoms with Gasteiger partial charge in [0.05, 0.1) is 17.2 Å². The molecule has 7 heteroatoms. The topological polar surface area (TPSA) is 54.8 Å². The maximum Gasteiger partial charge on any atom is 0.410 e. The Kier molecular flexibility index (Phi) is 5.23. The first-order valence-corrected chi connectivity index (χ1v) is 10.7. The Morgan fingerprint density at radius 3 is 2.72 bits per heavy atom. The molecule has 6 nitrogen and oxygen atoms in total. The number of aromatic nitrogens is 1. The van der Waals surface area contributed by atoms with Gasteiger partial charge in [-0.3, -0.25) is 4.79 Å². The van der Waals surface area contributed by atoms with Crippen molar-refractivity contribution in [1.82, 2.24) is 9.47 Å². The highest BCUT2D eigenvalue weighted by Gasteiger charge is 2.33. The molecule has 0 bridgehead atoms. The molecule has 0 N–H and O–H groups in total. The molecule has 0 spiro atoms. The lowest BCUT2D eigenvalue weighted by Gasteiger charge is -2.29. The molecule has 2 amide bonds. The summed E-state index contributed by atoms with van der Waals surface area (Å²) >= 11 is 6.26. The fourth-order valence-corrected chi connectivity index (χ4v) is 4.51. The zero-order valence-electron chi connectivity index (χ0n) is 17.3. The molecule has 3 heterocycles. The van der Waals surface area contributed by atoms with Crippen LogP contribution in [-0.2, 0) is 16.1 Å². The van der Waals surface area contributed by atoms with Crippen LogP contribution < -0.4 is 4.90 Å². The number of anilines is 1. The molecule has 1 aromatic carbocycles. The summed E-state index contributed by atoms with van der Waals surface area (Å²) in [4.78, 5) is 28.7. The predicted octanol–water partition coefficient (Wildman–Crippen LogP) is 4.82. The van der Waals surface area contributed by atoms with Gasteiger partial charge in [-0.1, -0.05) is 11.6 Å². The summed E-state index contributed by atoms with van der Waals surface area (Å²) in [6.07, 6.45) is 5.14. The van der Waals surface area contributed by atoms with Gasteiger partial charge in [-0.25, -0.2) is 4.79 Å². The Hall–Kier alpha value is -2.21. The van der Waals surface area contributed by atoms with E-state index in [1.165, 1.54) is 0 Å². The molecule has 2 saturated heterocycles. The van der Waals surface area contributed by atoms with Gasteiger partial charge >= 0.3 is 6.09 Å². The molecule has 0 radical (unpaired) electrons. The molecule has 2 fully saturated rings. The fraction of sp³-hybridized carbons (Fsp3) is 0.545. The van der Waals surface area contributed by atoms with Crippen molar-refractivity contribution in [2.45, 2.75) is 64.6 Å². The highest BCUT2D eigenvalue weighted by Crippen LogP contribution is 2.35. The molecule has 29 heavy (non-hydrogen) atoms. The predicted molar refractivity (Wildman–Crippen MR) is 114 cm³/mol. The van der Waals surface area contributed by atoms with E-state index in [2.05, 4.69) is 4.57 Å². The average molecular weight is 418 g/mol. The molecule has 0 aliphatic carbocycles. The minimum Gasteiger partial charge on any atom is -0.444 e. The van der Waals surface area contributed by atoms with E-state index in [0.29, 0.717) is 24.5 Å². The van der Waals surface area contributed by atoms with E-state index < -0.39 is 5.60 Å². The van der Waals surface area contributed by atoms with Gasteiger partial charge in [-0.05, 0) is 58.2 Å². The van der Waals surface area contributed by atoms with Crippen LogP contribution in [0.2, 0.25) is 5.02 Å². The molecule has 156 valence electrons. The average Bonchev–Trinajstić information content (AvgIpc) is 3.33. The molecule has 2 aliphatic rings. The SMILES string of the molecule is CC(C)(C)OC(=O)N1CCC[C@H]1Cn1cc(N2CCCC2=O)c2cc(Cl)ccc21. The van der Waals surface area contributed by atoms with Gasteiger partial charge in [0.2, 0.25) is 5.91 Å². The van der Waals surface area contributed by atoms with Crippen LogP contribution in [0.1, 0.15) is 46.5 Å². The van der Waals surface area contributed by atoms with Crippen LogP contribution in [-0.4, -0.2) is 46.2 Å². The Morgan fingerprint density at radius 2 is 2.03 bits per heavy atom. The quantitative estimate of drug-likeness (QED) is 0.719. The lowest BCUT2D eigenvalue weighted by atomic mass is 10.2. The standard InChI is InChI=1S/C22H28ClN3O3/c1-22(2,3)29-21(28)25-10-4-6-16(25)13-24-14-19(26-11-5-7-20(26)27)17-12-15(23)8-9-18(17)24/h8-9,12,14,16H,4-7,10-11,13H2,1-3H3/t16-/m0/s1. The number of fused-ring (bicyclic) bond motifs is 1. The molecule has 4 rings (SSSR count). The van der Waals surface area contributed by atoms with Crippen LogP contribution in [0.15, 0.2) is 24.4 Å². The number of halogens is 1. The highest BCUT2D eigenvalue weighted by molar-refractivity contribution is 6.31. The van der Waals surface area contributed by atoms with Crippen molar-refractivity contribution in [3.05, 3.63) is 29.4 Å². The van der Waals surface area contributed by atoms with Crippen molar-refractivity contribution >= 4 is 40.2 Å². The Morgan fingerprint density at radius 1 is 1.24 bits per heavy atom. The molecular formula is C22H28ClN3O3. The third-order valence-corrected chi connectivity index (χ3v) is 5.83. The summed E-state index contributed by atoms with van der Waals surface area (Å²) in [6, 6.07) is 5.86. The highest BCUT2D eigenvalue weighted by atomic mass is 35.5. The Balaban J connectivity index is 1.64. The van der Waals surface area contributed by atoms with Crippen molar-refractivity contribution < 1.29 is 14.3 Å². The van der Waals surface area contributed by atoms with Crippen LogP contribution in [0.3, 0.4) is 0 Å². The minimum atomic E-state index is -0.510. The van der Waals surface area contributed by atoms with E-state index >= 15 is 0 Å². The first-order chi connectivity index (χ1) is 13.7. The molecule has 0 saturated carbocycles. The first kappa shape index (κ1) is 20.1. The monoisotopic (exact) mass is 417 g/mol. The minimum absolute atomic E-state index is 0.0678. The van der Waals surface area contributed by atoms with Crippen molar-refractivity contribution in [3.63, 3.8) is 0 Å². The molecule has 2 aliphatic heterocycles. The zero-order valence-corrected chi connectivity index (χ0v) is 18.0. The Bertz CT molecular complexity index is 947. The number of nitrogens with zero attached hydrogens (tertiary/aromatic N) is 3. The number of likely N-dealkylation sites (tertiary alicyclic amines) is 1. The molecule has 2 aromatic rings. The van der Waals surface area contributed by atoms with Gasteiger partial charge in [0.1, 0.15) is 5.60 Å². The van der Waals surface area contributed by atoms with Crippen molar-refractivity contribution in [2.24, 2.45) is 0 Å². The second kappa shape index (κ2) is 7.56. The lowest BCUT2D eigenvalue weighted by Crippen LogP contribution is -2.41. The number of hydrogen-bond acceptors (Lipinski definition) is 3. The van der Waals surface area contributed by atoms with Gasteiger partial charge in [0.25, 0.3) is 0 Å². The number of amides is 2. The van der Waals surface area contributed by atoms with Crippen LogP contribution in [0.25, 0.3) is 10.9 Å². The van der Waals surface area contributed by atoms with Crippen LogP contribution in [0.4, 0.5) is 10.5 Å². The number of hydrogen-bond donors (Lipinski definition) is 0. The fourth-order valence-electron chi connectivity index (χ4n) is 4.33. The molecule has 0 unspecified atom stereocenters. The van der Waals surface area contributed by atoms with Crippen LogP contribution in [0, 0.1) is 0 Å². The number of carbonyl (C=O) groups excluding carboxylic acids is 2. The molecule has 1 aromatic heterocycles. The second-order valence-corrected chi connectivity index (χ2v) is 9.38. The summed E-state index contributed by atoms with van der Waals surface area (Å²) in [5.74, 6) is 0.153. The van der Waals surface area contributed by atoms with E-state index in [9.17, 15) is 9.59 Å². The van der Waals surface area contributed by atoms with E-state index in [1.54, 1.807) is 0 Å². The third-order valence-electron chi connectivity index (χ3n) is 5.60. The number of rotatable bonds is 3. The van der Waals surface area contributed by atoms with E-state index in [1.807, 2.05) is 55.0 Å². The van der Waals surface area contributed by atoms with E-state index in [0.717, 1.165) is 42.4 Å².